The third-order valence-electron chi connectivity index (χ3n) is 5.22. The van der Waals surface area contributed by atoms with Crippen molar-refractivity contribution in [2.24, 2.45) is 11.3 Å². The van der Waals surface area contributed by atoms with Gasteiger partial charge in [0.15, 0.2) is 0 Å². The van der Waals surface area contributed by atoms with Crippen LogP contribution in [0.2, 0.25) is 0 Å². The Hall–Kier alpha value is -1.51. The Labute approximate surface area is 127 Å². The molecule has 3 nitrogen and oxygen atoms in total. The van der Waals surface area contributed by atoms with E-state index in [0.29, 0.717) is 5.92 Å². The molecule has 1 aromatic rings. The molecule has 3 heteroatoms. The van der Waals surface area contributed by atoms with Gasteiger partial charge in [-0.2, -0.15) is 0 Å². The molecular formula is C18H26N2O. The monoisotopic (exact) mass is 286 g/mol. The van der Waals surface area contributed by atoms with Crippen molar-refractivity contribution in [3.05, 3.63) is 24.3 Å². The van der Waals surface area contributed by atoms with Gasteiger partial charge >= 0.3 is 0 Å². The summed E-state index contributed by atoms with van der Waals surface area (Å²) in [6.45, 7) is 5.21. The minimum Gasteiger partial charge on any atom is -0.371 e. The van der Waals surface area contributed by atoms with Gasteiger partial charge in [-0.3, -0.25) is 0 Å². The highest BCUT2D eigenvalue weighted by Crippen LogP contribution is 2.41. The molecule has 0 amide bonds. The number of para-hydroxylation sites is 2. The van der Waals surface area contributed by atoms with E-state index >= 15 is 0 Å². The molecule has 1 aliphatic carbocycles. The van der Waals surface area contributed by atoms with Crippen LogP contribution in [-0.4, -0.2) is 33.0 Å². The molecule has 1 aliphatic heterocycles. The molecule has 2 unspecified atom stereocenters. The summed E-state index contributed by atoms with van der Waals surface area (Å²) in [7, 11) is 2.15. The third-order valence-corrected chi connectivity index (χ3v) is 5.22. The standard InChI is InChI=1S/C18H26N2O/c1-15-6-5-9-18(12-15,14-21)13-20-11-10-19(2)16-7-3-4-8-17(16)20/h3-4,7-8,14-15H,5-6,9-13H2,1-2H3. The van der Waals surface area contributed by atoms with Gasteiger partial charge in [0, 0.05) is 32.1 Å². The lowest BCUT2D eigenvalue weighted by atomic mass is 9.70. The number of hydrogen-bond donors (Lipinski definition) is 0. The van der Waals surface area contributed by atoms with E-state index in [1.54, 1.807) is 0 Å². The van der Waals surface area contributed by atoms with Crippen LogP contribution in [0.4, 0.5) is 11.4 Å². The highest BCUT2D eigenvalue weighted by Gasteiger charge is 2.37. The Morgan fingerprint density at radius 3 is 2.76 bits per heavy atom. The number of aldehydes is 1. The van der Waals surface area contributed by atoms with Crippen molar-refractivity contribution in [1.29, 1.82) is 0 Å². The summed E-state index contributed by atoms with van der Waals surface area (Å²) in [5.41, 5.74) is 2.43. The maximum Gasteiger partial charge on any atom is 0.127 e. The largest absolute Gasteiger partial charge is 0.371 e. The van der Waals surface area contributed by atoms with E-state index in [1.807, 2.05) is 0 Å². The van der Waals surface area contributed by atoms with Crippen LogP contribution in [0.25, 0.3) is 0 Å². The highest BCUT2D eigenvalue weighted by atomic mass is 16.1. The zero-order valence-electron chi connectivity index (χ0n) is 13.2. The van der Waals surface area contributed by atoms with Crippen LogP contribution >= 0.6 is 0 Å². The maximum absolute atomic E-state index is 11.8. The Balaban J connectivity index is 1.84. The first-order chi connectivity index (χ1) is 10.1. The number of nitrogens with zero attached hydrogens (tertiary/aromatic N) is 2. The zero-order chi connectivity index (χ0) is 14.9. The van der Waals surface area contributed by atoms with Crippen molar-refractivity contribution in [2.75, 3.05) is 36.5 Å². The third kappa shape index (κ3) is 2.78. The predicted molar refractivity (Wildman–Crippen MR) is 88.1 cm³/mol. The van der Waals surface area contributed by atoms with E-state index in [2.05, 4.69) is 48.0 Å². The number of fused-ring (bicyclic) bond motifs is 1. The van der Waals surface area contributed by atoms with Crippen molar-refractivity contribution in [3.8, 4) is 0 Å². The summed E-state index contributed by atoms with van der Waals surface area (Å²) in [5.74, 6) is 0.673. The summed E-state index contributed by atoms with van der Waals surface area (Å²) in [6.07, 6.45) is 5.81. The van der Waals surface area contributed by atoms with Crippen LogP contribution in [0.15, 0.2) is 24.3 Å². The normalized spacial score (nSPS) is 29.1. The van der Waals surface area contributed by atoms with Crippen LogP contribution in [0.3, 0.4) is 0 Å². The van der Waals surface area contributed by atoms with Crippen molar-refractivity contribution in [3.63, 3.8) is 0 Å². The summed E-state index contributed by atoms with van der Waals surface area (Å²) in [6, 6.07) is 8.56. The number of anilines is 2. The van der Waals surface area contributed by atoms with E-state index in [-0.39, 0.29) is 5.41 Å². The summed E-state index contributed by atoms with van der Waals surface area (Å²) >= 11 is 0. The van der Waals surface area contributed by atoms with E-state index < -0.39 is 0 Å². The quantitative estimate of drug-likeness (QED) is 0.796. The van der Waals surface area contributed by atoms with Crippen LogP contribution in [0.1, 0.15) is 32.6 Å². The molecule has 1 heterocycles. The van der Waals surface area contributed by atoms with Crippen molar-refractivity contribution in [2.45, 2.75) is 32.6 Å². The molecule has 114 valence electrons. The SMILES string of the molecule is CC1CCCC(C=O)(CN2CCN(C)c3ccccc32)C1. The molecule has 1 fully saturated rings. The number of carbonyl (C=O) groups excluding carboxylic acids is 1. The zero-order valence-corrected chi connectivity index (χ0v) is 13.2. The minimum atomic E-state index is -0.138. The number of carbonyl (C=O) groups is 1. The molecule has 0 radical (unpaired) electrons. The van der Waals surface area contributed by atoms with Crippen LogP contribution < -0.4 is 9.80 Å². The molecular weight excluding hydrogens is 260 g/mol. The summed E-state index contributed by atoms with van der Waals surface area (Å²) < 4.78 is 0. The van der Waals surface area contributed by atoms with Gasteiger partial charge in [-0.1, -0.05) is 31.9 Å². The molecule has 21 heavy (non-hydrogen) atoms. The smallest absolute Gasteiger partial charge is 0.127 e. The van der Waals surface area contributed by atoms with Gasteiger partial charge < -0.3 is 14.6 Å². The van der Waals surface area contributed by atoms with E-state index in [4.69, 9.17) is 0 Å². The number of rotatable bonds is 3. The van der Waals surface area contributed by atoms with Gasteiger partial charge in [0.05, 0.1) is 11.4 Å². The van der Waals surface area contributed by atoms with Crippen LogP contribution in [-0.2, 0) is 4.79 Å². The molecule has 0 saturated heterocycles. The molecule has 0 bridgehead atoms. The lowest BCUT2D eigenvalue weighted by molar-refractivity contribution is -0.118. The molecule has 2 aliphatic rings. The Bertz CT molecular complexity index is 516. The van der Waals surface area contributed by atoms with E-state index in [1.165, 1.54) is 30.5 Å². The van der Waals surface area contributed by atoms with E-state index in [9.17, 15) is 4.79 Å². The summed E-state index contributed by atoms with van der Waals surface area (Å²) in [4.78, 5) is 16.6. The minimum absolute atomic E-state index is 0.138. The molecule has 1 aromatic carbocycles. The number of likely N-dealkylation sites (N-methyl/N-ethyl adjacent to an activating group) is 1. The average Bonchev–Trinajstić information content (AvgIpc) is 2.50. The molecule has 0 N–H and O–H groups in total. The van der Waals surface area contributed by atoms with E-state index in [0.717, 1.165) is 32.5 Å². The van der Waals surface area contributed by atoms with Gasteiger partial charge in [-0.15, -0.1) is 0 Å². The maximum atomic E-state index is 11.8. The first-order valence-electron chi connectivity index (χ1n) is 8.15. The highest BCUT2D eigenvalue weighted by molar-refractivity contribution is 5.74. The predicted octanol–water partition coefficient (Wildman–Crippen LogP) is 3.34. The first-order valence-corrected chi connectivity index (χ1v) is 8.15. The van der Waals surface area contributed by atoms with Crippen LogP contribution in [0, 0.1) is 11.3 Å². The van der Waals surface area contributed by atoms with Gasteiger partial charge in [-0.25, -0.2) is 0 Å². The van der Waals surface area contributed by atoms with Gasteiger partial charge in [-0.05, 0) is 30.9 Å². The number of hydrogen-bond acceptors (Lipinski definition) is 3. The fourth-order valence-electron chi connectivity index (χ4n) is 4.10. The second kappa shape index (κ2) is 5.70. The summed E-state index contributed by atoms with van der Waals surface area (Å²) in [5, 5.41) is 0. The van der Waals surface area contributed by atoms with Gasteiger partial charge in [0.1, 0.15) is 6.29 Å². The fourth-order valence-corrected chi connectivity index (χ4v) is 4.10. The fraction of sp³-hybridized carbons (Fsp3) is 0.611. The topological polar surface area (TPSA) is 23.6 Å². The lowest BCUT2D eigenvalue weighted by Gasteiger charge is -2.44. The molecule has 0 aromatic heterocycles. The molecule has 3 rings (SSSR count). The Morgan fingerprint density at radius 1 is 1.29 bits per heavy atom. The van der Waals surface area contributed by atoms with Gasteiger partial charge in [0.25, 0.3) is 0 Å². The van der Waals surface area contributed by atoms with Gasteiger partial charge in [0.2, 0.25) is 0 Å². The van der Waals surface area contributed by atoms with Crippen molar-refractivity contribution in [1.82, 2.24) is 0 Å². The Morgan fingerprint density at radius 2 is 2.05 bits per heavy atom. The molecule has 2 atom stereocenters. The molecule has 0 spiro atoms. The van der Waals surface area contributed by atoms with Crippen molar-refractivity contribution < 1.29 is 4.79 Å². The van der Waals surface area contributed by atoms with Crippen LogP contribution in [0.5, 0.6) is 0 Å². The second-order valence-corrected chi connectivity index (χ2v) is 7.01. The number of benzene rings is 1. The average molecular weight is 286 g/mol. The molecule has 1 saturated carbocycles. The van der Waals surface area contributed by atoms with Crippen molar-refractivity contribution >= 4 is 17.7 Å². The Kier molecular flexibility index (Phi) is 3.92. The first kappa shape index (κ1) is 14.4. The second-order valence-electron chi connectivity index (χ2n) is 7.01. The lowest BCUT2D eigenvalue weighted by Crippen LogP contribution is -2.47.